The minimum atomic E-state index is -0.498. The summed E-state index contributed by atoms with van der Waals surface area (Å²) in [6.07, 6.45) is 3.45. The van der Waals surface area contributed by atoms with Crippen molar-refractivity contribution in [1.29, 1.82) is 0 Å². The standard InChI is InChI=1S/C25H34N4O2/c1-18-6-8-20(9-7-18)25(11-14-31-15-12-25)23(30)29-13-5-10-24(3,17-29)21-16-22(26-4)28-19(2)27-21/h6-9,16H,5,10-15,17H2,1-4H3,(H,26,27,28)/t24-/m0/s1. The van der Waals surface area contributed by atoms with E-state index in [1.165, 1.54) is 5.56 Å². The van der Waals surface area contributed by atoms with Crippen molar-refractivity contribution < 1.29 is 9.53 Å². The molecule has 2 aromatic rings. The molecular weight excluding hydrogens is 388 g/mol. The number of aromatic nitrogens is 2. The minimum absolute atomic E-state index is 0.188. The summed E-state index contributed by atoms with van der Waals surface area (Å²) in [4.78, 5) is 25.4. The van der Waals surface area contributed by atoms with Gasteiger partial charge in [-0.1, -0.05) is 36.8 Å². The summed E-state index contributed by atoms with van der Waals surface area (Å²) in [7, 11) is 1.88. The van der Waals surface area contributed by atoms with Crippen LogP contribution in [0.4, 0.5) is 5.82 Å². The maximum atomic E-state index is 14.1. The molecule has 2 fully saturated rings. The van der Waals surface area contributed by atoms with Gasteiger partial charge in [-0.3, -0.25) is 4.79 Å². The highest BCUT2D eigenvalue weighted by molar-refractivity contribution is 5.88. The van der Waals surface area contributed by atoms with E-state index in [1.54, 1.807) is 0 Å². The molecule has 166 valence electrons. The number of hydrogen-bond donors (Lipinski definition) is 1. The van der Waals surface area contributed by atoms with Gasteiger partial charge in [-0.2, -0.15) is 0 Å². The van der Waals surface area contributed by atoms with Crippen LogP contribution in [-0.4, -0.2) is 54.1 Å². The number of ether oxygens (including phenoxy) is 1. The maximum Gasteiger partial charge on any atom is 0.233 e. The molecule has 1 N–H and O–H groups in total. The zero-order valence-electron chi connectivity index (χ0n) is 19.2. The van der Waals surface area contributed by atoms with Crippen LogP contribution in [0.15, 0.2) is 30.3 Å². The highest BCUT2D eigenvalue weighted by atomic mass is 16.5. The van der Waals surface area contributed by atoms with Crippen LogP contribution in [0.25, 0.3) is 0 Å². The third kappa shape index (κ3) is 4.18. The number of hydrogen-bond acceptors (Lipinski definition) is 5. The Morgan fingerprint density at radius 2 is 1.81 bits per heavy atom. The number of rotatable bonds is 4. The van der Waals surface area contributed by atoms with E-state index in [0.717, 1.165) is 55.1 Å². The Hall–Kier alpha value is -2.47. The fraction of sp³-hybridized carbons (Fsp3) is 0.560. The summed E-state index contributed by atoms with van der Waals surface area (Å²) in [5.74, 6) is 1.82. The van der Waals surface area contributed by atoms with Crippen LogP contribution in [0.5, 0.6) is 0 Å². The molecule has 1 amide bonds. The van der Waals surface area contributed by atoms with Gasteiger partial charge in [0.1, 0.15) is 11.6 Å². The van der Waals surface area contributed by atoms with Gasteiger partial charge in [0.05, 0.1) is 11.1 Å². The molecule has 3 heterocycles. The Labute approximate surface area is 185 Å². The van der Waals surface area contributed by atoms with E-state index in [0.29, 0.717) is 19.8 Å². The van der Waals surface area contributed by atoms with Crippen molar-refractivity contribution in [2.24, 2.45) is 0 Å². The third-order valence-corrected chi connectivity index (χ3v) is 7.06. The first-order chi connectivity index (χ1) is 14.9. The lowest BCUT2D eigenvalue weighted by Crippen LogP contribution is -2.55. The SMILES string of the molecule is CNc1cc([C@@]2(C)CCCN(C(=O)C3(c4ccc(C)cc4)CCOCC3)C2)nc(C)n1. The smallest absolute Gasteiger partial charge is 0.233 e. The molecule has 2 aliphatic rings. The Bertz CT molecular complexity index is 937. The molecule has 0 aliphatic carbocycles. The van der Waals surface area contributed by atoms with Gasteiger partial charge in [-0.05, 0) is 45.1 Å². The second kappa shape index (κ2) is 8.58. The van der Waals surface area contributed by atoms with Gasteiger partial charge in [-0.25, -0.2) is 9.97 Å². The topological polar surface area (TPSA) is 67.4 Å². The predicted octanol–water partition coefficient (Wildman–Crippen LogP) is 3.76. The first-order valence-corrected chi connectivity index (χ1v) is 11.3. The van der Waals surface area contributed by atoms with E-state index < -0.39 is 5.41 Å². The number of aryl methyl sites for hydroxylation is 2. The molecule has 1 atom stereocenters. The van der Waals surface area contributed by atoms with E-state index in [9.17, 15) is 4.79 Å². The first kappa shape index (κ1) is 21.8. The van der Waals surface area contributed by atoms with Gasteiger partial charge in [0, 0.05) is 44.8 Å². The first-order valence-electron chi connectivity index (χ1n) is 11.3. The Kier molecular flexibility index (Phi) is 6.02. The molecule has 0 spiro atoms. The van der Waals surface area contributed by atoms with Gasteiger partial charge in [0.25, 0.3) is 0 Å². The van der Waals surface area contributed by atoms with Crippen LogP contribution in [-0.2, 0) is 20.4 Å². The van der Waals surface area contributed by atoms with Crippen molar-refractivity contribution in [2.45, 2.75) is 57.3 Å². The third-order valence-electron chi connectivity index (χ3n) is 7.06. The summed E-state index contributed by atoms with van der Waals surface area (Å²) in [6.45, 7) is 8.97. The number of likely N-dealkylation sites (tertiary alicyclic amines) is 1. The lowest BCUT2D eigenvalue weighted by atomic mass is 9.71. The van der Waals surface area contributed by atoms with Crippen LogP contribution in [0.3, 0.4) is 0 Å². The quantitative estimate of drug-likeness (QED) is 0.813. The fourth-order valence-corrected chi connectivity index (χ4v) is 5.15. The molecule has 6 heteroatoms. The van der Waals surface area contributed by atoms with Gasteiger partial charge >= 0.3 is 0 Å². The van der Waals surface area contributed by atoms with E-state index in [4.69, 9.17) is 9.72 Å². The van der Waals surface area contributed by atoms with Crippen LogP contribution in [0, 0.1) is 13.8 Å². The number of benzene rings is 1. The van der Waals surface area contributed by atoms with E-state index >= 15 is 0 Å². The molecule has 1 aromatic heterocycles. The van der Waals surface area contributed by atoms with Crippen molar-refractivity contribution in [3.63, 3.8) is 0 Å². The summed E-state index contributed by atoms with van der Waals surface area (Å²) >= 11 is 0. The Balaban J connectivity index is 1.65. The summed E-state index contributed by atoms with van der Waals surface area (Å²) in [5, 5.41) is 3.14. The molecule has 1 aromatic carbocycles. The molecule has 0 bridgehead atoms. The number of nitrogens with zero attached hydrogens (tertiary/aromatic N) is 3. The van der Waals surface area contributed by atoms with Crippen molar-refractivity contribution in [3.05, 3.63) is 53.0 Å². The van der Waals surface area contributed by atoms with Gasteiger partial charge < -0.3 is 15.0 Å². The second-order valence-electron chi connectivity index (χ2n) is 9.39. The monoisotopic (exact) mass is 422 g/mol. The van der Waals surface area contributed by atoms with Crippen molar-refractivity contribution in [1.82, 2.24) is 14.9 Å². The maximum absolute atomic E-state index is 14.1. The second-order valence-corrected chi connectivity index (χ2v) is 9.39. The lowest BCUT2D eigenvalue weighted by Gasteiger charge is -2.45. The predicted molar refractivity (Wildman–Crippen MR) is 122 cm³/mol. The van der Waals surface area contributed by atoms with Crippen LogP contribution in [0.2, 0.25) is 0 Å². The van der Waals surface area contributed by atoms with Crippen molar-refractivity contribution >= 4 is 11.7 Å². The van der Waals surface area contributed by atoms with E-state index in [-0.39, 0.29) is 11.3 Å². The van der Waals surface area contributed by atoms with Gasteiger partial charge in [-0.15, -0.1) is 0 Å². The number of nitrogens with one attached hydrogen (secondary N) is 1. The minimum Gasteiger partial charge on any atom is -0.381 e. The Morgan fingerprint density at radius 3 is 2.48 bits per heavy atom. The number of carbonyl (C=O) groups is 1. The van der Waals surface area contributed by atoms with Crippen molar-refractivity contribution in [2.75, 3.05) is 38.7 Å². The van der Waals surface area contributed by atoms with E-state index in [1.807, 2.05) is 20.0 Å². The normalized spacial score (nSPS) is 23.4. The van der Waals surface area contributed by atoms with Crippen LogP contribution in [0.1, 0.15) is 55.3 Å². The number of amides is 1. The van der Waals surface area contributed by atoms with E-state index in [2.05, 4.69) is 53.3 Å². The highest BCUT2D eigenvalue weighted by Crippen LogP contribution is 2.40. The molecule has 2 aliphatic heterocycles. The zero-order valence-corrected chi connectivity index (χ0v) is 19.2. The largest absolute Gasteiger partial charge is 0.381 e. The summed E-state index contributed by atoms with van der Waals surface area (Å²) < 4.78 is 5.66. The molecule has 31 heavy (non-hydrogen) atoms. The average Bonchev–Trinajstić information content (AvgIpc) is 2.79. The number of carbonyl (C=O) groups excluding carboxylic acids is 1. The molecule has 0 saturated carbocycles. The lowest BCUT2D eigenvalue weighted by molar-refractivity contribution is -0.143. The van der Waals surface area contributed by atoms with Crippen LogP contribution >= 0.6 is 0 Å². The average molecular weight is 423 g/mol. The molecule has 6 nitrogen and oxygen atoms in total. The summed E-state index contributed by atoms with van der Waals surface area (Å²) in [6, 6.07) is 10.5. The number of anilines is 1. The molecule has 2 saturated heterocycles. The van der Waals surface area contributed by atoms with Crippen LogP contribution < -0.4 is 5.32 Å². The molecule has 0 radical (unpaired) electrons. The highest BCUT2D eigenvalue weighted by Gasteiger charge is 2.46. The molecule has 0 unspecified atom stereocenters. The van der Waals surface area contributed by atoms with Gasteiger partial charge in [0.15, 0.2) is 0 Å². The zero-order chi connectivity index (χ0) is 22.1. The summed E-state index contributed by atoms with van der Waals surface area (Å²) in [5.41, 5.74) is 2.66. The van der Waals surface area contributed by atoms with Gasteiger partial charge in [0.2, 0.25) is 5.91 Å². The molecular formula is C25H34N4O2. The molecule has 4 rings (SSSR count). The Morgan fingerprint density at radius 1 is 1.10 bits per heavy atom. The van der Waals surface area contributed by atoms with Crippen molar-refractivity contribution in [3.8, 4) is 0 Å². The number of piperidine rings is 1. The fourth-order valence-electron chi connectivity index (χ4n) is 5.15.